The normalized spacial score (nSPS) is 10.4. The molecule has 1 N–H and O–H groups in total. The quantitative estimate of drug-likeness (QED) is 0.853. The van der Waals surface area contributed by atoms with Crippen molar-refractivity contribution in [2.45, 2.75) is 18.4 Å². The van der Waals surface area contributed by atoms with Gasteiger partial charge in [-0.2, -0.15) is 11.8 Å². The van der Waals surface area contributed by atoms with E-state index >= 15 is 0 Å². The highest BCUT2D eigenvalue weighted by atomic mass is 32.2. The van der Waals surface area contributed by atoms with E-state index in [-0.39, 0.29) is 0 Å². The summed E-state index contributed by atoms with van der Waals surface area (Å²) < 4.78 is 0. The highest BCUT2D eigenvalue weighted by Crippen LogP contribution is 2.24. The minimum atomic E-state index is 0.935. The number of nitrogens with zero attached hydrogens (tertiary/aromatic N) is 1. The molecular formula is C13H16N2S2. The standard InChI is InChI=1S/C13H16N2S2/c1-2-14-13-15-8-12(17-13)10-16-9-11-6-4-3-5-7-11/h3-8H,2,9-10H2,1H3,(H,14,15). The average Bonchev–Trinajstić information content (AvgIpc) is 2.79. The number of thioether (sulfide) groups is 1. The van der Waals surface area contributed by atoms with Gasteiger partial charge < -0.3 is 5.32 Å². The van der Waals surface area contributed by atoms with Crippen molar-refractivity contribution in [1.82, 2.24) is 4.98 Å². The van der Waals surface area contributed by atoms with Crippen molar-refractivity contribution in [1.29, 1.82) is 0 Å². The first-order chi connectivity index (χ1) is 8.38. The molecule has 0 unspecified atom stereocenters. The first-order valence-electron chi connectivity index (χ1n) is 5.68. The van der Waals surface area contributed by atoms with Crippen LogP contribution in [-0.2, 0) is 11.5 Å². The first kappa shape index (κ1) is 12.5. The molecule has 0 aliphatic rings. The molecule has 90 valence electrons. The van der Waals surface area contributed by atoms with Crippen molar-refractivity contribution in [2.75, 3.05) is 11.9 Å². The Bertz CT molecular complexity index is 440. The van der Waals surface area contributed by atoms with E-state index in [2.05, 4.69) is 47.6 Å². The number of thiazole rings is 1. The van der Waals surface area contributed by atoms with Gasteiger partial charge in [-0.1, -0.05) is 30.3 Å². The molecule has 0 bridgehead atoms. The molecule has 0 fully saturated rings. The zero-order valence-corrected chi connectivity index (χ0v) is 11.5. The Hall–Kier alpha value is -1.00. The molecule has 0 amide bonds. The van der Waals surface area contributed by atoms with Gasteiger partial charge in [0.15, 0.2) is 5.13 Å². The maximum Gasteiger partial charge on any atom is 0.182 e. The van der Waals surface area contributed by atoms with Crippen LogP contribution in [-0.4, -0.2) is 11.5 Å². The van der Waals surface area contributed by atoms with Crippen molar-refractivity contribution in [3.63, 3.8) is 0 Å². The van der Waals surface area contributed by atoms with Crippen LogP contribution in [0.5, 0.6) is 0 Å². The Morgan fingerprint density at radius 3 is 2.82 bits per heavy atom. The molecule has 0 spiro atoms. The van der Waals surface area contributed by atoms with E-state index < -0.39 is 0 Å². The second-order valence-corrected chi connectivity index (χ2v) is 5.74. The number of nitrogens with one attached hydrogen (secondary N) is 1. The number of anilines is 1. The van der Waals surface area contributed by atoms with Gasteiger partial charge in [0.2, 0.25) is 0 Å². The summed E-state index contributed by atoms with van der Waals surface area (Å²) in [6, 6.07) is 10.6. The molecule has 0 saturated carbocycles. The average molecular weight is 264 g/mol. The molecule has 0 saturated heterocycles. The summed E-state index contributed by atoms with van der Waals surface area (Å²) in [5.41, 5.74) is 1.38. The van der Waals surface area contributed by atoms with E-state index in [9.17, 15) is 0 Å². The van der Waals surface area contributed by atoms with Crippen LogP contribution in [0.3, 0.4) is 0 Å². The topological polar surface area (TPSA) is 24.9 Å². The third-order valence-electron chi connectivity index (χ3n) is 2.24. The van der Waals surface area contributed by atoms with Crippen LogP contribution in [0.2, 0.25) is 0 Å². The monoisotopic (exact) mass is 264 g/mol. The van der Waals surface area contributed by atoms with Crippen molar-refractivity contribution < 1.29 is 0 Å². The Morgan fingerprint density at radius 2 is 2.06 bits per heavy atom. The highest BCUT2D eigenvalue weighted by Gasteiger charge is 2.01. The number of benzene rings is 1. The summed E-state index contributed by atoms with van der Waals surface area (Å²) >= 11 is 3.68. The van der Waals surface area contributed by atoms with Crippen LogP contribution in [0, 0.1) is 0 Å². The minimum absolute atomic E-state index is 0.935. The van der Waals surface area contributed by atoms with Crippen molar-refractivity contribution in [2.24, 2.45) is 0 Å². The molecule has 0 aliphatic carbocycles. The predicted molar refractivity (Wildman–Crippen MR) is 77.7 cm³/mol. The van der Waals surface area contributed by atoms with E-state index in [1.165, 1.54) is 10.4 Å². The van der Waals surface area contributed by atoms with Gasteiger partial charge in [-0.3, -0.25) is 0 Å². The molecule has 2 aromatic rings. The zero-order chi connectivity index (χ0) is 11.9. The van der Waals surface area contributed by atoms with Gasteiger partial charge in [0.05, 0.1) is 0 Å². The summed E-state index contributed by atoms with van der Waals surface area (Å²) in [5, 5.41) is 4.26. The van der Waals surface area contributed by atoms with Crippen LogP contribution >= 0.6 is 23.1 Å². The summed E-state index contributed by atoms with van der Waals surface area (Å²) in [7, 11) is 0. The SMILES string of the molecule is CCNc1ncc(CSCc2ccccc2)s1. The Kier molecular flexibility index (Phi) is 4.88. The molecule has 4 heteroatoms. The Labute approximate surface area is 110 Å². The fourth-order valence-corrected chi connectivity index (χ4v) is 3.42. The maximum atomic E-state index is 4.33. The van der Waals surface area contributed by atoms with E-state index in [1.54, 1.807) is 11.3 Å². The van der Waals surface area contributed by atoms with Crippen LogP contribution in [0.4, 0.5) is 5.13 Å². The summed E-state index contributed by atoms with van der Waals surface area (Å²) in [6.45, 7) is 3.02. The molecule has 1 aromatic heterocycles. The third kappa shape index (κ3) is 4.06. The fourth-order valence-electron chi connectivity index (χ4n) is 1.45. The van der Waals surface area contributed by atoms with E-state index in [1.807, 2.05) is 18.0 Å². The molecule has 2 nitrogen and oxygen atoms in total. The minimum Gasteiger partial charge on any atom is -0.362 e. The lowest BCUT2D eigenvalue weighted by Crippen LogP contribution is -1.94. The van der Waals surface area contributed by atoms with Gasteiger partial charge in [-0.05, 0) is 12.5 Å². The fraction of sp³-hybridized carbons (Fsp3) is 0.308. The number of hydrogen-bond donors (Lipinski definition) is 1. The molecule has 0 aliphatic heterocycles. The molecular weight excluding hydrogens is 248 g/mol. The summed E-state index contributed by atoms with van der Waals surface area (Å²) in [4.78, 5) is 5.66. The maximum absolute atomic E-state index is 4.33. The second-order valence-electron chi connectivity index (χ2n) is 3.64. The number of hydrogen-bond acceptors (Lipinski definition) is 4. The van der Waals surface area contributed by atoms with Crippen LogP contribution < -0.4 is 5.32 Å². The Balaban J connectivity index is 1.78. The molecule has 1 heterocycles. The van der Waals surface area contributed by atoms with Gasteiger partial charge in [0.1, 0.15) is 0 Å². The van der Waals surface area contributed by atoms with Gasteiger partial charge in [0.25, 0.3) is 0 Å². The van der Waals surface area contributed by atoms with E-state index in [4.69, 9.17) is 0 Å². The number of rotatable bonds is 6. The van der Waals surface area contributed by atoms with Gasteiger partial charge in [-0.25, -0.2) is 4.98 Å². The smallest absolute Gasteiger partial charge is 0.182 e. The van der Waals surface area contributed by atoms with E-state index in [0.717, 1.165) is 23.2 Å². The zero-order valence-electron chi connectivity index (χ0n) is 9.85. The Morgan fingerprint density at radius 1 is 1.24 bits per heavy atom. The number of aromatic nitrogens is 1. The van der Waals surface area contributed by atoms with Crippen LogP contribution in [0.1, 0.15) is 17.4 Å². The lowest BCUT2D eigenvalue weighted by Gasteiger charge is -1.99. The van der Waals surface area contributed by atoms with Crippen molar-refractivity contribution in [3.8, 4) is 0 Å². The van der Waals surface area contributed by atoms with Crippen LogP contribution in [0.25, 0.3) is 0 Å². The largest absolute Gasteiger partial charge is 0.362 e. The summed E-state index contributed by atoms with van der Waals surface area (Å²) in [5.74, 6) is 2.10. The lowest BCUT2D eigenvalue weighted by atomic mass is 10.2. The highest BCUT2D eigenvalue weighted by molar-refractivity contribution is 7.97. The second kappa shape index (κ2) is 6.67. The molecule has 2 rings (SSSR count). The molecule has 1 aromatic carbocycles. The molecule has 0 radical (unpaired) electrons. The first-order valence-corrected chi connectivity index (χ1v) is 7.66. The predicted octanol–water partition coefficient (Wildman–Crippen LogP) is 4.01. The molecule has 0 atom stereocenters. The summed E-state index contributed by atoms with van der Waals surface area (Å²) in [6.07, 6.45) is 1.97. The third-order valence-corrected chi connectivity index (χ3v) is 4.43. The van der Waals surface area contributed by atoms with Crippen molar-refractivity contribution in [3.05, 3.63) is 47.0 Å². The van der Waals surface area contributed by atoms with Gasteiger partial charge in [-0.15, -0.1) is 11.3 Å². The van der Waals surface area contributed by atoms with E-state index in [0.29, 0.717) is 0 Å². The lowest BCUT2D eigenvalue weighted by molar-refractivity contribution is 1.19. The van der Waals surface area contributed by atoms with Crippen molar-refractivity contribution >= 4 is 28.2 Å². The van der Waals surface area contributed by atoms with Crippen LogP contribution in [0.15, 0.2) is 36.5 Å². The van der Waals surface area contributed by atoms with Gasteiger partial charge in [0, 0.05) is 29.1 Å². The molecule has 17 heavy (non-hydrogen) atoms. The van der Waals surface area contributed by atoms with Gasteiger partial charge >= 0.3 is 0 Å².